The molecule has 0 saturated carbocycles. The predicted octanol–water partition coefficient (Wildman–Crippen LogP) is 2.92. The van der Waals surface area contributed by atoms with Crippen molar-refractivity contribution in [2.24, 2.45) is 0 Å². The number of anilines is 1. The van der Waals surface area contributed by atoms with Crippen LogP contribution in [0.15, 0.2) is 47.8 Å². The van der Waals surface area contributed by atoms with Crippen molar-refractivity contribution in [3.8, 4) is 0 Å². The topological polar surface area (TPSA) is 52.7 Å². The van der Waals surface area contributed by atoms with Crippen LogP contribution in [0.2, 0.25) is 0 Å². The highest BCUT2D eigenvalue weighted by atomic mass is 32.1. The van der Waals surface area contributed by atoms with Crippen molar-refractivity contribution in [3.63, 3.8) is 0 Å². The average Bonchev–Trinajstić information content (AvgIpc) is 3.37. The number of hydrogen-bond acceptors (Lipinski definition) is 4. The second kappa shape index (κ2) is 9.04. The first-order valence-corrected chi connectivity index (χ1v) is 10.3. The number of amides is 2. The highest BCUT2D eigenvalue weighted by molar-refractivity contribution is 7.10. The Hall–Kier alpha value is -2.34. The molecule has 27 heavy (non-hydrogen) atoms. The molecule has 2 atom stereocenters. The first kappa shape index (κ1) is 19.4. The van der Waals surface area contributed by atoms with Crippen LogP contribution in [0.3, 0.4) is 0 Å². The molecular formula is C21H27N3O2S. The smallest absolute Gasteiger partial charge is 0.242 e. The maximum absolute atomic E-state index is 12.7. The van der Waals surface area contributed by atoms with Gasteiger partial charge in [0, 0.05) is 36.7 Å². The molecule has 2 unspecified atom stereocenters. The van der Waals surface area contributed by atoms with Crippen LogP contribution >= 0.6 is 11.3 Å². The largest absolute Gasteiger partial charge is 0.370 e. The molecule has 1 fully saturated rings. The Labute approximate surface area is 165 Å². The van der Waals surface area contributed by atoms with Gasteiger partial charge in [-0.1, -0.05) is 24.3 Å². The molecule has 3 rings (SSSR count). The lowest BCUT2D eigenvalue weighted by molar-refractivity contribution is -0.137. The number of likely N-dealkylation sites (tertiary alicyclic amines) is 1. The summed E-state index contributed by atoms with van der Waals surface area (Å²) in [6.07, 6.45) is 2.01. The van der Waals surface area contributed by atoms with Gasteiger partial charge < -0.3 is 15.1 Å². The van der Waals surface area contributed by atoms with E-state index in [9.17, 15) is 9.59 Å². The van der Waals surface area contributed by atoms with E-state index in [2.05, 4.69) is 29.3 Å². The molecular weight excluding hydrogens is 358 g/mol. The van der Waals surface area contributed by atoms with Crippen molar-refractivity contribution in [2.45, 2.75) is 38.3 Å². The zero-order chi connectivity index (χ0) is 19.2. The van der Waals surface area contributed by atoms with Crippen molar-refractivity contribution in [1.82, 2.24) is 10.2 Å². The van der Waals surface area contributed by atoms with Gasteiger partial charge in [0.15, 0.2) is 0 Å². The number of likely N-dealkylation sites (N-methyl/N-ethyl adjacent to an activating group) is 1. The van der Waals surface area contributed by atoms with Crippen LogP contribution in [-0.4, -0.2) is 48.9 Å². The summed E-state index contributed by atoms with van der Waals surface area (Å²) in [5.74, 6) is 0.00453. The minimum Gasteiger partial charge on any atom is -0.370 e. The van der Waals surface area contributed by atoms with Crippen LogP contribution in [0.1, 0.15) is 24.6 Å². The van der Waals surface area contributed by atoms with Crippen molar-refractivity contribution in [2.75, 3.05) is 25.0 Å². The summed E-state index contributed by atoms with van der Waals surface area (Å²) in [7, 11) is 2.03. The number of carbonyl (C=O) groups is 2. The number of hydrogen-bond donors (Lipinski definition) is 1. The normalized spacial score (nSPS) is 17.6. The molecule has 6 heteroatoms. The SMILES string of the molecule is CC(CNC(=O)C1CCCN1C(=O)Cc1cccs1)N(C)c1ccccc1. The minimum atomic E-state index is -0.341. The van der Waals surface area contributed by atoms with Crippen molar-refractivity contribution < 1.29 is 9.59 Å². The van der Waals surface area contributed by atoms with Gasteiger partial charge >= 0.3 is 0 Å². The third-order valence-electron chi connectivity index (χ3n) is 5.18. The molecule has 1 aliphatic heterocycles. The molecule has 0 bridgehead atoms. The van der Waals surface area contributed by atoms with Crippen LogP contribution in [0, 0.1) is 0 Å². The van der Waals surface area contributed by atoms with Crippen LogP contribution in [0.5, 0.6) is 0 Å². The zero-order valence-corrected chi connectivity index (χ0v) is 16.7. The molecule has 144 valence electrons. The maximum Gasteiger partial charge on any atom is 0.242 e. The molecule has 5 nitrogen and oxygen atoms in total. The first-order chi connectivity index (χ1) is 13.1. The van der Waals surface area contributed by atoms with E-state index in [0.717, 1.165) is 23.4 Å². The second-order valence-corrected chi connectivity index (χ2v) is 8.07. The van der Waals surface area contributed by atoms with Crippen LogP contribution < -0.4 is 10.2 Å². The summed E-state index contributed by atoms with van der Waals surface area (Å²) >= 11 is 1.58. The van der Waals surface area contributed by atoms with Crippen LogP contribution in [-0.2, 0) is 16.0 Å². The summed E-state index contributed by atoms with van der Waals surface area (Å²) in [4.78, 5) is 30.3. The zero-order valence-electron chi connectivity index (χ0n) is 15.9. The Morgan fingerprint density at radius 1 is 1.26 bits per heavy atom. The molecule has 2 aromatic rings. The van der Waals surface area contributed by atoms with Gasteiger partial charge in [0.1, 0.15) is 6.04 Å². The predicted molar refractivity (Wildman–Crippen MR) is 110 cm³/mol. The number of nitrogens with one attached hydrogen (secondary N) is 1. The summed E-state index contributed by atoms with van der Waals surface area (Å²) in [5.41, 5.74) is 1.12. The van der Waals surface area contributed by atoms with Crippen molar-refractivity contribution >= 4 is 28.8 Å². The molecule has 0 radical (unpaired) electrons. The van der Waals surface area contributed by atoms with Gasteiger partial charge in [0.2, 0.25) is 11.8 Å². The van der Waals surface area contributed by atoms with Gasteiger partial charge in [0.05, 0.1) is 6.42 Å². The Bertz CT molecular complexity index is 748. The average molecular weight is 386 g/mol. The lowest BCUT2D eigenvalue weighted by Gasteiger charge is -2.29. The maximum atomic E-state index is 12.7. The Morgan fingerprint density at radius 2 is 2.04 bits per heavy atom. The molecule has 2 amide bonds. The fourth-order valence-electron chi connectivity index (χ4n) is 3.42. The first-order valence-electron chi connectivity index (χ1n) is 9.43. The van der Waals surface area contributed by atoms with E-state index in [4.69, 9.17) is 0 Å². The molecule has 2 heterocycles. The lowest BCUT2D eigenvalue weighted by atomic mass is 10.2. The standard InChI is InChI=1S/C21H27N3O2S/c1-16(23(2)17-8-4-3-5-9-17)15-22-21(26)19-11-6-12-24(19)20(25)14-18-10-7-13-27-18/h3-5,7-10,13,16,19H,6,11-12,14-15H2,1-2H3,(H,22,26). The fraction of sp³-hybridized carbons (Fsp3) is 0.429. The van der Waals surface area contributed by atoms with Crippen LogP contribution in [0.25, 0.3) is 0 Å². The van der Waals surface area contributed by atoms with Gasteiger partial charge in [-0.15, -0.1) is 11.3 Å². The van der Waals surface area contributed by atoms with Gasteiger partial charge in [-0.05, 0) is 43.3 Å². The molecule has 1 N–H and O–H groups in total. The third-order valence-corrected chi connectivity index (χ3v) is 6.05. The summed E-state index contributed by atoms with van der Waals surface area (Å²) in [6.45, 7) is 3.30. The highest BCUT2D eigenvalue weighted by Gasteiger charge is 2.34. The lowest BCUT2D eigenvalue weighted by Crippen LogP contribution is -2.49. The van der Waals surface area contributed by atoms with Gasteiger partial charge in [0.25, 0.3) is 0 Å². The molecule has 1 aromatic heterocycles. The van der Waals surface area contributed by atoms with E-state index < -0.39 is 0 Å². The number of benzene rings is 1. The fourth-order valence-corrected chi connectivity index (χ4v) is 4.12. The van der Waals surface area contributed by atoms with E-state index in [1.54, 1.807) is 16.2 Å². The number of para-hydroxylation sites is 1. The Kier molecular flexibility index (Phi) is 6.50. The number of thiophene rings is 1. The van der Waals surface area contributed by atoms with Gasteiger partial charge in [-0.3, -0.25) is 9.59 Å². The van der Waals surface area contributed by atoms with Crippen molar-refractivity contribution in [1.29, 1.82) is 0 Å². The second-order valence-electron chi connectivity index (χ2n) is 7.04. The van der Waals surface area contributed by atoms with Gasteiger partial charge in [-0.2, -0.15) is 0 Å². The van der Waals surface area contributed by atoms with E-state index >= 15 is 0 Å². The summed E-state index contributed by atoms with van der Waals surface area (Å²) < 4.78 is 0. The molecule has 1 saturated heterocycles. The summed E-state index contributed by atoms with van der Waals surface area (Å²) in [6, 6.07) is 13.9. The molecule has 0 aliphatic carbocycles. The van der Waals surface area contributed by atoms with Gasteiger partial charge in [-0.25, -0.2) is 0 Å². The molecule has 0 spiro atoms. The van der Waals surface area contributed by atoms with Crippen LogP contribution in [0.4, 0.5) is 5.69 Å². The van der Waals surface area contributed by atoms with E-state index in [0.29, 0.717) is 19.5 Å². The van der Waals surface area contributed by atoms with E-state index in [1.807, 2.05) is 42.8 Å². The van der Waals surface area contributed by atoms with E-state index in [1.165, 1.54) is 0 Å². The number of nitrogens with zero attached hydrogens (tertiary/aromatic N) is 2. The molecule has 1 aliphatic rings. The minimum absolute atomic E-state index is 0.0414. The highest BCUT2D eigenvalue weighted by Crippen LogP contribution is 2.20. The Morgan fingerprint density at radius 3 is 2.74 bits per heavy atom. The monoisotopic (exact) mass is 385 g/mol. The Balaban J connectivity index is 1.52. The summed E-state index contributed by atoms with van der Waals surface area (Å²) in [5, 5.41) is 5.02. The third kappa shape index (κ3) is 4.89. The number of carbonyl (C=O) groups excluding carboxylic acids is 2. The molecule has 1 aromatic carbocycles. The van der Waals surface area contributed by atoms with E-state index in [-0.39, 0.29) is 23.9 Å². The number of rotatable bonds is 7. The quantitative estimate of drug-likeness (QED) is 0.797. The van der Waals surface area contributed by atoms with Crippen molar-refractivity contribution in [3.05, 3.63) is 52.7 Å².